The molecule has 3 nitrogen and oxygen atoms in total. The third-order valence-corrected chi connectivity index (χ3v) is 11.6. The molecular formula is C35H59N3. The Kier molecular flexibility index (Phi) is 10.4. The summed E-state index contributed by atoms with van der Waals surface area (Å²) in [5.74, 6) is 4.32. The zero-order valence-corrected chi connectivity index (χ0v) is 26.3. The Hall–Kier alpha value is -1.56. The molecule has 4 aliphatic carbocycles. The number of hydrogen-bond acceptors (Lipinski definition) is 3. The van der Waals surface area contributed by atoms with Crippen LogP contribution in [-0.4, -0.2) is 24.3 Å². The Morgan fingerprint density at radius 2 is 1.76 bits per heavy atom. The van der Waals surface area contributed by atoms with Gasteiger partial charge in [0.1, 0.15) is 12.7 Å². The molecule has 7 unspecified atom stereocenters. The molecule has 1 heterocycles. The van der Waals surface area contributed by atoms with Crippen LogP contribution in [0.3, 0.4) is 0 Å². The summed E-state index contributed by atoms with van der Waals surface area (Å²) in [7, 11) is 0. The van der Waals surface area contributed by atoms with Crippen molar-refractivity contribution in [2.45, 2.75) is 126 Å². The van der Waals surface area contributed by atoms with Gasteiger partial charge in [-0.05, 0) is 110 Å². The first-order valence-electron chi connectivity index (χ1n) is 16.3. The van der Waals surface area contributed by atoms with Crippen LogP contribution >= 0.6 is 0 Å². The van der Waals surface area contributed by atoms with Crippen molar-refractivity contribution in [3.63, 3.8) is 0 Å². The van der Waals surface area contributed by atoms with Gasteiger partial charge < -0.3 is 4.90 Å². The lowest BCUT2D eigenvalue weighted by Crippen LogP contribution is -2.57. The normalized spacial score (nSPS) is 38.9. The Labute approximate surface area is 236 Å². The third-order valence-electron chi connectivity index (χ3n) is 11.6. The summed E-state index contributed by atoms with van der Waals surface area (Å²) < 4.78 is 0. The topological polar surface area (TPSA) is 39.4 Å². The second-order valence-corrected chi connectivity index (χ2v) is 13.7. The fraction of sp³-hybridized carbons (Fsp3) is 0.829. The Morgan fingerprint density at radius 3 is 2.45 bits per heavy atom. The number of nitrogens with zero attached hydrogens (tertiary/aromatic N) is 3. The first-order chi connectivity index (χ1) is 18.2. The Balaban J connectivity index is 0.000000956. The lowest BCUT2D eigenvalue weighted by atomic mass is 9.39. The summed E-state index contributed by atoms with van der Waals surface area (Å²) in [5.41, 5.74) is 3.60. The van der Waals surface area contributed by atoms with Crippen LogP contribution in [-0.2, 0) is 0 Å². The molecule has 0 N–H and O–H groups in total. The minimum Gasteiger partial charge on any atom is -0.353 e. The number of rotatable bonds is 4. The fourth-order valence-electron chi connectivity index (χ4n) is 10.1. The molecule has 0 aromatic heterocycles. The van der Waals surface area contributed by atoms with Crippen LogP contribution in [0, 0.1) is 57.2 Å². The minimum atomic E-state index is 0.396. The lowest BCUT2D eigenvalue weighted by molar-refractivity contribution is -0.156. The Bertz CT molecular complexity index is 907. The van der Waals surface area contributed by atoms with Crippen LogP contribution in [0.5, 0.6) is 0 Å². The first-order valence-corrected chi connectivity index (χ1v) is 16.3. The highest BCUT2D eigenvalue weighted by Crippen LogP contribution is 2.69. The van der Waals surface area contributed by atoms with Gasteiger partial charge in [0.05, 0.1) is 5.57 Å². The molecule has 214 valence electrons. The maximum absolute atomic E-state index is 9.29. The van der Waals surface area contributed by atoms with Gasteiger partial charge in [0.15, 0.2) is 0 Å². The van der Waals surface area contributed by atoms with E-state index in [-0.39, 0.29) is 0 Å². The minimum absolute atomic E-state index is 0.396. The number of nitriles is 1. The van der Waals surface area contributed by atoms with E-state index in [9.17, 15) is 5.26 Å². The molecule has 7 atom stereocenters. The predicted molar refractivity (Wildman–Crippen MR) is 164 cm³/mol. The standard InChI is InChI=1S/C31H47N3.2C2H6/c1-6-31-15-14-29(3,4)16-24(31)10-11-25-27-9-7-8-26(30(27,5)13-12-28(25)31)22(2)19-34-20-23(17-32)18-33-21-34;2*1-2/h18,20,24-28H,2,6-16,19,21H2,1,3-5H3;2*1-2H3. The molecule has 3 heteroatoms. The molecule has 1 aliphatic heterocycles. The average molecular weight is 522 g/mol. The van der Waals surface area contributed by atoms with E-state index >= 15 is 0 Å². The molecule has 0 radical (unpaired) electrons. The zero-order chi connectivity index (χ0) is 28.1. The van der Waals surface area contributed by atoms with Gasteiger partial charge in [0, 0.05) is 19.0 Å². The molecule has 5 rings (SSSR count). The molecule has 0 amide bonds. The highest BCUT2D eigenvalue weighted by molar-refractivity contribution is 5.84. The number of aliphatic imine (C=N–C) groups is 1. The monoisotopic (exact) mass is 521 g/mol. The molecule has 38 heavy (non-hydrogen) atoms. The van der Waals surface area contributed by atoms with Crippen molar-refractivity contribution in [2.75, 3.05) is 13.2 Å². The van der Waals surface area contributed by atoms with Gasteiger partial charge in [0.25, 0.3) is 0 Å². The van der Waals surface area contributed by atoms with Gasteiger partial charge in [-0.2, -0.15) is 5.26 Å². The second kappa shape index (κ2) is 12.7. The van der Waals surface area contributed by atoms with Crippen molar-refractivity contribution in [1.82, 2.24) is 4.90 Å². The van der Waals surface area contributed by atoms with E-state index in [0.29, 0.717) is 34.4 Å². The van der Waals surface area contributed by atoms with Crippen molar-refractivity contribution in [3.05, 3.63) is 23.9 Å². The summed E-state index contributed by atoms with van der Waals surface area (Å²) in [5, 5.41) is 9.29. The van der Waals surface area contributed by atoms with E-state index in [0.717, 1.165) is 30.2 Å². The summed E-state index contributed by atoms with van der Waals surface area (Å²) in [6, 6.07) is 2.25. The van der Waals surface area contributed by atoms with Crippen LogP contribution in [0.25, 0.3) is 0 Å². The highest BCUT2D eigenvalue weighted by atomic mass is 15.2. The van der Waals surface area contributed by atoms with E-state index in [1.165, 1.54) is 76.2 Å². The van der Waals surface area contributed by atoms with Crippen LogP contribution in [0.15, 0.2) is 28.9 Å². The van der Waals surface area contributed by atoms with Gasteiger partial charge >= 0.3 is 0 Å². The summed E-state index contributed by atoms with van der Waals surface area (Å²) in [6.07, 6.45) is 19.3. The summed E-state index contributed by atoms with van der Waals surface area (Å²) in [4.78, 5) is 6.59. The molecule has 0 bridgehead atoms. The molecule has 4 fully saturated rings. The molecule has 0 aromatic rings. The van der Waals surface area contributed by atoms with Crippen molar-refractivity contribution in [2.24, 2.45) is 50.8 Å². The fourth-order valence-corrected chi connectivity index (χ4v) is 10.1. The van der Waals surface area contributed by atoms with Crippen LogP contribution in [0.2, 0.25) is 0 Å². The quantitative estimate of drug-likeness (QED) is 0.345. The molecular weight excluding hydrogens is 462 g/mol. The van der Waals surface area contributed by atoms with Crippen LogP contribution in [0.1, 0.15) is 126 Å². The molecule has 0 saturated heterocycles. The van der Waals surface area contributed by atoms with Crippen molar-refractivity contribution in [3.8, 4) is 6.07 Å². The SMILES string of the molecule is C=C(CN1C=C(C#N)C=NC1)C1CCCC2C3CCC4CC(C)(C)CCC4(CC)C3CCC12C.CC.CC. The number of allylic oxidation sites excluding steroid dienone is 1. The average Bonchev–Trinajstić information content (AvgIpc) is 2.93. The zero-order valence-electron chi connectivity index (χ0n) is 26.3. The Morgan fingerprint density at radius 1 is 1.03 bits per heavy atom. The first kappa shape index (κ1) is 31.0. The van der Waals surface area contributed by atoms with E-state index < -0.39 is 0 Å². The third kappa shape index (κ3) is 5.67. The number of hydrogen-bond donors (Lipinski definition) is 0. The van der Waals surface area contributed by atoms with Crippen molar-refractivity contribution in [1.29, 1.82) is 5.26 Å². The maximum atomic E-state index is 9.29. The summed E-state index contributed by atoms with van der Waals surface area (Å²) >= 11 is 0. The van der Waals surface area contributed by atoms with E-state index in [4.69, 9.17) is 0 Å². The lowest BCUT2D eigenvalue weighted by Gasteiger charge is -2.65. The van der Waals surface area contributed by atoms with Gasteiger partial charge in [-0.15, -0.1) is 0 Å². The highest BCUT2D eigenvalue weighted by Gasteiger charge is 2.60. The smallest absolute Gasteiger partial charge is 0.110 e. The van der Waals surface area contributed by atoms with E-state index in [1.807, 2.05) is 33.9 Å². The summed E-state index contributed by atoms with van der Waals surface area (Å²) in [6.45, 7) is 24.4. The molecule has 4 saturated carbocycles. The van der Waals surface area contributed by atoms with Crippen LogP contribution < -0.4 is 0 Å². The van der Waals surface area contributed by atoms with Crippen molar-refractivity contribution >= 4 is 6.21 Å². The largest absolute Gasteiger partial charge is 0.353 e. The van der Waals surface area contributed by atoms with Gasteiger partial charge in [-0.25, -0.2) is 0 Å². The van der Waals surface area contributed by atoms with E-state index in [1.54, 1.807) is 6.21 Å². The maximum Gasteiger partial charge on any atom is 0.110 e. The predicted octanol–water partition coefficient (Wildman–Crippen LogP) is 9.81. The van der Waals surface area contributed by atoms with Gasteiger partial charge in [-0.1, -0.05) is 74.0 Å². The molecule has 5 aliphatic rings. The van der Waals surface area contributed by atoms with Crippen LogP contribution in [0.4, 0.5) is 0 Å². The van der Waals surface area contributed by atoms with Gasteiger partial charge in [-0.3, -0.25) is 4.99 Å². The van der Waals surface area contributed by atoms with Gasteiger partial charge in [0.2, 0.25) is 0 Å². The van der Waals surface area contributed by atoms with E-state index in [2.05, 4.69) is 50.2 Å². The molecule has 0 aromatic carbocycles. The number of fused-ring (bicyclic) bond motifs is 5. The van der Waals surface area contributed by atoms with Crippen molar-refractivity contribution < 1.29 is 0 Å². The second-order valence-electron chi connectivity index (χ2n) is 13.7. The molecule has 0 spiro atoms.